The van der Waals surface area contributed by atoms with Crippen molar-refractivity contribution in [3.63, 3.8) is 0 Å². The Kier molecular flexibility index (Phi) is 0.976. The standard InChI is InChI=1S/C2H4N2O2S/c5-2-3-1-7(6)4-2/h1H2,(H2,3,4,5). The molecule has 0 aliphatic carbocycles. The molecule has 0 spiro atoms. The molecular weight excluding hydrogens is 116 g/mol. The van der Waals surface area contributed by atoms with Crippen LogP contribution < -0.4 is 10.0 Å². The van der Waals surface area contributed by atoms with E-state index in [1.165, 1.54) is 0 Å². The average molecular weight is 120 g/mol. The van der Waals surface area contributed by atoms with Crippen molar-refractivity contribution in [2.45, 2.75) is 0 Å². The maximum Gasteiger partial charge on any atom is 0.327 e. The van der Waals surface area contributed by atoms with Gasteiger partial charge in [-0.05, 0) is 0 Å². The lowest BCUT2D eigenvalue weighted by atomic mass is 11.0. The highest BCUT2D eigenvalue weighted by Crippen LogP contribution is 1.80. The van der Waals surface area contributed by atoms with Gasteiger partial charge in [0.25, 0.3) is 0 Å². The minimum atomic E-state index is -1.16. The number of carbonyl (C=O) groups excluding carboxylic acids is 1. The maximum absolute atomic E-state index is 10.2. The van der Waals surface area contributed by atoms with Crippen LogP contribution in [0.5, 0.6) is 0 Å². The number of hydrogen-bond donors (Lipinski definition) is 2. The first-order valence-corrected chi connectivity index (χ1v) is 3.04. The second kappa shape index (κ2) is 1.49. The van der Waals surface area contributed by atoms with E-state index in [0.29, 0.717) is 0 Å². The summed E-state index contributed by atoms with van der Waals surface area (Å²) in [6, 6.07) is -0.349. The average Bonchev–Trinajstić information content (AvgIpc) is 1.87. The third-order valence-electron chi connectivity index (χ3n) is 0.570. The molecule has 0 bridgehead atoms. The van der Waals surface area contributed by atoms with Gasteiger partial charge >= 0.3 is 6.03 Å². The summed E-state index contributed by atoms with van der Waals surface area (Å²) in [5.41, 5.74) is 0. The predicted molar refractivity (Wildman–Crippen MR) is 24.7 cm³/mol. The number of rotatable bonds is 0. The van der Waals surface area contributed by atoms with E-state index < -0.39 is 11.0 Å². The fourth-order valence-corrected chi connectivity index (χ4v) is 0.920. The molecule has 0 aromatic heterocycles. The van der Waals surface area contributed by atoms with E-state index in [1.54, 1.807) is 0 Å². The van der Waals surface area contributed by atoms with Crippen LogP contribution in [-0.4, -0.2) is 16.1 Å². The molecule has 1 heterocycles. The Labute approximate surface area is 42.9 Å². The molecule has 40 valence electrons. The van der Waals surface area contributed by atoms with Crippen molar-refractivity contribution in [3.8, 4) is 0 Å². The first-order valence-electron chi connectivity index (χ1n) is 1.72. The Hall–Kier alpha value is -0.580. The largest absolute Gasteiger partial charge is 0.327 e. The van der Waals surface area contributed by atoms with Crippen LogP contribution in [0.15, 0.2) is 0 Å². The molecule has 1 rings (SSSR count). The van der Waals surface area contributed by atoms with Gasteiger partial charge in [-0.1, -0.05) is 0 Å². The van der Waals surface area contributed by atoms with Gasteiger partial charge in [-0.15, -0.1) is 0 Å². The fourth-order valence-electron chi connectivity index (χ4n) is 0.307. The van der Waals surface area contributed by atoms with Crippen LogP contribution in [0, 0.1) is 0 Å². The van der Waals surface area contributed by atoms with E-state index in [0.717, 1.165) is 0 Å². The van der Waals surface area contributed by atoms with Crippen LogP contribution >= 0.6 is 0 Å². The third-order valence-corrected chi connectivity index (χ3v) is 1.39. The van der Waals surface area contributed by atoms with Crippen molar-refractivity contribution in [1.29, 1.82) is 0 Å². The highest BCUT2D eigenvalue weighted by Gasteiger charge is 2.12. The first kappa shape index (κ1) is 4.58. The Balaban J connectivity index is 2.55. The zero-order chi connectivity index (χ0) is 5.28. The number of carbonyl (C=O) groups is 1. The summed E-state index contributed by atoms with van der Waals surface area (Å²) in [6.07, 6.45) is 0. The van der Waals surface area contributed by atoms with Crippen LogP contribution in [0.4, 0.5) is 4.79 Å². The van der Waals surface area contributed by atoms with E-state index >= 15 is 0 Å². The van der Waals surface area contributed by atoms with Gasteiger partial charge in [0.05, 0.1) is 0 Å². The van der Waals surface area contributed by atoms with Gasteiger partial charge in [0.2, 0.25) is 0 Å². The van der Waals surface area contributed by atoms with E-state index in [4.69, 9.17) is 0 Å². The SMILES string of the molecule is O=C1NCS(=O)N1. The summed E-state index contributed by atoms with van der Waals surface area (Å²) < 4.78 is 12.3. The molecule has 0 aromatic carbocycles. The van der Waals surface area contributed by atoms with E-state index in [2.05, 4.69) is 10.0 Å². The molecule has 2 amide bonds. The number of urea groups is 1. The summed E-state index contributed by atoms with van der Waals surface area (Å²) in [4.78, 5) is 10.0. The van der Waals surface area contributed by atoms with Gasteiger partial charge in [0.15, 0.2) is 0 Å². The zero-order valence-electron chi connectivity index (χ0n) is 3.43. The molecule has 7 heavy (non-hydrogen) atoms. The number of amides is 2. The van der Waals surface area contributed by atoms with Crippen molar-refractivity contribution in [2.24, 2.45) is 0 Å². The Morgan fingerprint density at radius 3 is 2.57 bits per heavy atom. The van der Waals surface area contributed by atoms with Crippen LogP contribution in [-0.2, 0) is 11.0 Å². The van der Waals surface area contributed by atoms with E-state index in [1.807, 2.05) is 0 Å². The lowest BCUT2D eigenvalue weighted by molar-refractivity contribution is 0.249. The first-order chi connectivity index (χ1) is 3.29. The Bertz CT molecular complexity index is 109. The monoisotopic (exact) mass is 120 g/mol. The second-order valence-electron chi connectivity index (χ2n) is 1.10. The van der Waals surface area contributed by atoms with E-state index in [9.17, 15) is 9.00 Å². The highest BCUT2D eigenvalue weighted by molar-refractivity contribution is 7.84. The van der Waals surface area contributed by atoms with Gasteiger partial charge in [-0.3, -0.25) is 4.72 Å². The van der Waals surface area contributed by atoms with Crippen molar-refractivity contribution in [1.82, 2.24) is 10.0 Å². The molecule has 1 unspecified atom stereocenters. The summed E-state index contributed by atoms with van der Waals surface area (Å²) in [5.74, 6) is 0.235. The van der Waals surface area contributed by atoms with Crippen LogP contribution in [0.1, 0.15) is 0 Å². The molecule has 1 saturated heterocycles. The third kappa shape index (κ3) is 0.894. The molecular formula is C2H4N2O2S. The maximum atomic E-state index is 10.2. The number of nitrogens with one attached hydrogen (secondary N) is 2. The molecule has 1 aliphatic heterocycles. The van der Waals surface area contributed by atoms with Crippen LogP contribution in [0.25, 0.3) is 0 Å². The molecule has 0 radical (unpaired) electrons. The van der Waals surface area contributed by atoms with Crippen molar-refractivity contribution in [2.75, 3.05) is 5.88 Å². The Morgan fingerprint density at radius 1 is 1.71 bits per heavy atom. The Morgan fingerprint density at radius 2 is 2.43 bits per heavy atom. The van der Waals surface area contributed by atoms with Crippen molar-refractivity contribution >= 4 is 17.0 Å². The molecule has 1 atom stereocenters. The summed E-state index contributed by atoms with van der Waals surface area (Å²) in [5, 5.41) is 2.32. The van der Waals surface area contributed by atoms with Gasteiger partial charge in [0, 0.05) is 0 Å². The molecule has 1 aliphatic rings. The van der Waals surface area contributed by atoms with Gasteiger partial charge in [-0.25, -0.2) is 9.00 Å². The van der Waals surface area contributed by atoms with Gasteiger partial charge < -0.3 is 5.32 Å². The van der Waals surface area contributed by atoms with E-state index in [-0.39, 0.29) is 11.9 Å². The molecule has 2 N–H and O–H groups in total. The normalized spacial score (nSPS) is 29.1. The lowest BCUT2D eigenvalue weighted by Gasteiger charge is -1.78. The van der Waals surface area contributed by atoms with Gasteiger partial charge in [-0.2, -0.15) is 0 Å². The minimum absolute atomic E-state index is 0.235. The van der Waals surface area contributed by atoms with Crippen molar-refractivity contribution in [3.05, 3.63) is 0 Å². The number of hydrogen-bond acceptors (Lipinski definition) is 2. The second-order valence-corrected chi connectivity index (χ2v) is 2.28. The smallest absolute Gasteiger partial charge is 0.324 e. The summed E-state index contributed by atoms with van der Waals surface area (Å²) in [6.45, 7) is 0. The topological polar surface area (TPSA) is 58.2 Å². The molecule has 5 heteroatoms. The van der Waals surface area contributed by atoms with Crippen LogP contribution in [0.2, 0.25) is 0 Å². The lowest BCUT2D eigenvalue weighted by Crippen LogP contribution is -2.20. The molecule has 1 fully saturated rings. The quantitative estimate of drug-likeness (QED) is 0.427. The summed E-state index contributed by atoms with van der Waals surface area (Å²) in [7, 11) is -1.16. The zero-order valence-corrected chi connectivity index (χ0v) is 4.25. The van der Waals surface area contributed by atoms with Crippen LogP contribution in [0.3, 0.4) is 0 Å². The summed E-state index contributed by atoms with van der Waals surface area (Å²) >= 11 is 0. The highest BCUT2D eigenvalue weighted by atomic mass is 32.2. The van der Waals surface area contributed by atoms with Crippen molar-refractivity contribution < 1.29 is 9.00 Å². The molecule has 4 nitrogen and oxygen atoms in total. The fraction of sp³-hybridized carbons (Fsp3) is 0.500. The minimum Gasteiger partial charge on any atom is -0.324 e. The molecule has 0 aromatic rings. The predicted octanol–water partition coefficient (Wildman–Crippen LogP) is -1.08. The molecule has 0 saturated carbocycles. The van der Waals surface area contributed by atoms with Gasteiger partial charge in [0.1, 0.15) is 16.9 Å².